The molecule has 3 nitrogen and oxygen atoms in total. The molecule has 0 aliphatic heterocycles. The maximum atomic E-state index is 11.8. The van der Waals surface area contributed by atoms with Gasteiger partial charge in [-0.15, -0.1) is 0 Å². The van der Waals surface area contributed by atoms with Gasteiger partial charge in [0.1, 0.15) is 11.4 Å². The Bertz CT molecular complexity index is 438. The van der Waals surface area contributed by atoms with Gasteiger partial charge in [0.15, 0.2) is 0 Å². The topological polar surface area (TPSA) is 43.4 Å². The van der Waals surface area contributed by atoms with Crippen LogP contribution in [-0.4, -0.2) is 17.4 Å². The number of hydrogen-bond acceptors (Lipinski definition) is 3. The normalized spacial score (nSPS) is 11.2. The summed E-state index contributed by atoms with van der Waals surface area (Å²) in [6, 6.07) is 7.86. The van der Waals surface area contributed by atoms with Crippen LogP contribution in [0.4, 0.5) is 0 Å². The Morgan fingerprint density at radius 3 is 2.16 bits per heavy atom. The number of ether oxygens (including phenoxy) is 1. The molecular formula is C16H22O3. The number of aryl methyl sites for hydroxylation is 1. The summed E-state index contributed by atoms with van der Waals surface area (Å²) >= 11 is 0. The first-order valence-corrected chi connectivity index (χ1v) is 6.55. The maximum absolute atomic E-state index is 11.8. The van der Waals surface area contributed by atoms with Gasteiger partial charge < -0.3 is 4.74 Å². The van der Waals surface area contributed by atoms with E-state index in [0.29, 0.717) is 6.42 Å². The van der Waals surface area contributed by atoms with Gasteiger partial charge in [-0.25, -0.2) is 0 Å². The molecule has 0 spiro atoms. The SMILES string of the molecule is Cc1ccc(CC(=O)CCC(=O)OC(C)(C)C)cc1. The Kier molecular flexibility index (Phi) is 5.28. The van der Waals surface area contributed by atoms with Gasteiger partial charge in [-0.2, -0.15) is 0 Å². The molecule has 104 valence electrons. The third kappa shape index (κ3) is 6.75. The van der Waals surface area contributed by atoms with Gasteiger partial charge in [0, 0.05) is 12.8 Å². The van der Waals surface area contributed by atoms with Crippen LogP contribution in [0.3, 0.4) is 0 Å². The molecule has 0 saturated heterocycles. The van der Waals surface area contributed by atoms with Crippen molar-refractivity contribution in [3.05, 3.63) is 35.4 Å². The third-order valence-electron chi connectivity index (χ3n) is 2.55. The molecule has 0 fully saturated rings. The van der Waals surface area contributed by atoms with Gasteiger partial charge in [0.2, 0.25) is 0 Å². The van der Waals surface area contributed by atoms with Crippen LogP contribution >= 0.6 is 0 Å². The molecule has 0 atom stereocenters. The fraction of sp³-hybridized carbons (Fsp3) is 0.500. The average molecular weight is 262 g/mol. The quantitative estimate of drug-likeness (QED) is 0.765. The second-order valence-corrected chi connectivity index (χ2v) is 5.79. The van der Waals surface area contributed by atoms with Gasteiger partial charge in [0.25, 0.3) is 0 Å². The molecule has 0 radical (unpaired) electrons. The Hall–Kier alpha value is -1.64. The zero-order valence-electron chi connectivity index (χ0n) is 12.2. The van der Waals surface area contributed by atoms with Crippen molar-refractivity contribution in [2.75, 3.05) is 0 Å². The van der Waals surface area contributed by atoms with E-state index in [1.165, 1.54) is 5.56 Å². The molecule has 0 heterocycles. The summed E-state index contributed by atoms with van der Waals surface area (Å²) in [7, 11) is 0. The Balaban J connectivity index is 2.36. The van der Waals surface area contributed by atoms with E-state index in [1.54, 1.807) is 0 Å². The summed E-state index contributed by atoms with van der Waals surface area (Å²) in [4.78, 5) is 23.2. The Morgan fingerprint density at radius 1 is 1.05 bits per heavy atom. The number of hydrogen-bond donors (Lipinski definition) is 0. The van der Waals surface area contributed by atoms with Crippen molar-refractivity contribution >= 4 is 11.8 Å². The Labute approximate surface area is 115 Å². The van der Waals surface area contributed by atoms with E-state index in [2.05, 4.69) is 0 Å². The van der Waals surface area contributed by atoms with Crippen molar-refractivity contribution in [3.63, 3.8) is 0 Å². The summed E-state index contributed by atoms with van der Waals surface area (Å²) in [5, 5.41) is 0. The van der Waals surface area contributed by atoms with Crippen LogP contribution < -0.4 is 0 Å². The zero-order chi connectivity index (χ0) is 14.5. The molecule has 0 bridgehead atoms. The number of ketones is 1. The van der Waals surface area contributed by atoms with Gasteiger partial charge in [-0.05, 0) is 33.3 Å². The van der Waals surface area contributed by atoms with Crippen LogP contribution in [0.5, 0.6) is 0 Å². The van der Waals surface area contributed by atoms with Crippen molar-refractivity contribution in [2.24, 2.45) is 0 Å². The predicted molar refractivity (Wildman–Crippen MR) is 75.0 cm³/mol. The van der Waals surface area contributed by atoms with E-state index >= 15 is 0 Å². The standard InChI is InChI=1S/C16H22O3/c1-12-5-7-13(8-6-12)11-14(17)9-10-15(18)19-16(2,3)4/h5-8H,9-11H2,1-4H3. The second-order valence-electron chi connectivity index (χ2n) is 5.79. The lowest BCUT2D eigenvalue weighted by atomic mass is 10.0. The van der Waals surface area contributed by atoms with E-state index in [1.807, 2.05) is 52.0 Å². The fourth-order valence-corrected chi connectivity index (χ4v) is 1.66. The molecule has 1 aromatic rings. The molecule has 0 aliphatic rings. The highest BCUT2D eigenvalue weighted by atomic mass is 16.6. The summed E-state index contributed by atoms with van der Waals surface area (Å²) in [6.45, 7) is 7.46. The maximum Gasteiger partial charge on any atom is 0.306 e. The highest BCUT2D eigenvalue weighted by molar-refractivity contribution is 5.84. The zero-order valence-corrected chi connectivity index (χ0v) is 12.2. The molecular weight excluding hydrogens is 240 g/mol. The minimum Gasteiger partial charge on any atom is -0.460 e. The lowest BCUT2D eigenvalue weighted by molar-refractivity contribution is -0.155. The van der Waals surface area contributed by atoms with Gasteiger partial charge in [0.05, 0.1) is 6.42 Å². The Morgan fingerprint density at radius 2 is 1.63 bits per heavy atom. The van der Waals surface area contributed by atoms with E-state index in [-0.39, 0.29) is 24.6 Å². The molecule has 0 N–H and O–H groups in total. The minimum absolute atomic E-state index is 0.0645. The summed E-state index contributed by atoms with van der Waals surface area (Å²) < 4.78 is 5.16. The van der Waals surface area contributed by atoms with Gasteiger partial charge in [-0.1, -0.05) is 29.8 Å². The largest absolute Gasteiger partial charge is 0.460 e. The number of rotatable bonds is 5. The summed E-state index contributed by atoms with van der Waals surface area (Å²) in [6.07, 6.45) is 0.772. The smallest absolute Gasteiger partial charge is 0.306 e. The lowest BCUT2D eigenvalue weighted by Gasteiger charge is -2.19. The number of Topliss-reactive ketones (excluding diaryl/α,β-unsaturated/α-hetero) is 1. The van der Waals surface area contributed by atoms with Crippen LogP contribution in [-0.2, 0) is 20.7 Å². The monoisotopic (exact) mass is 262 g/mol. The first kappa shape index (κ1) is 15.4. The molecule has 3 heteroatoms. The minimum atomic E-state index is -0.489. The van der Waals surface area contributed by atoms with E-state index < -0.39 is 5.60 Å². The van der Waals surface area contributed by atoms with Crippen molar-refractivity contribution in [2.45, 2.75) is 52.6 Å². The van der Waals surface area contributed by atoms with Crippen molar-refractivity contribution < 1.29 is 14.3 Å². The molecule has 0 aromatic heterocycles. The molecule has 0 aliphatic carbocycles. The summed E-state index contributed by atoms with van der Waals surface area (Å²) in [5.41, 5.74) is 1.67. The average Bonchev–Trinajstić information content (AvgIpc) is 2.27. The van der Waals surface area contributed by atoms with Gasteiger partial charge in [-0.3, -0.25) is 9.59 Å². The van der Waals surface area contributed by atoms with E-state index in [0.717, 1.165) is 5.56 Å². The number of benzene rings is 1. The molecule has 0 amide bonds. The van der Waals surface area contributed by atoms with Crippen LogP contribution in [0.25, 0.3) is 0 Å². The third-order valence-corrected chi connectivity index (χ3v) is 2.55. The molecule has 0 saturated carbocycles. The van der Waals surface area contributed by atoms with Crippen LogP contribution in [0.15, 0.2) is 24.3 Å². The van der Waals surface area contributed by atoms with E-state index in [4.69, 9.17) is 4.74 Å². The second kappa shape index (κ2) is 6.50. The van der Waals surface area contributed by atoms with Crippen LogP contribution in [0.2, 0.25) is 0 Å². The highest BCUT2D eigenvalue weighted by Crippen LogP contribution is 2.10. The number of carbonyl (C=O) groups is 2. The van der Waals surface area contributed by atoms with Crippen LogP contribution in [0.1, 0.15) is 44.7 Å². The predicted octanol–water partition coefficient (Wildman–Crippen LogP) is 3.23. The summed E-state index contributed by atoms with van der Waals surface area (Å²) in [5.74, 6) is -0.250. The molecule has 1 aromatic carbocycles. The molecule has 1 rings (SSSR count). The fourth-order valence-electron chi connectivity index (χ4n) is 1.66. The van der Waals surface area contributed by atoms with E-state index in [9.17, 15) is 9.59 Å². The number of esters is 1. The van der Waals surface area contributed by atoms with Crippen molar-refractivity contribution in [3.8, 4) is 0 Å². The molecule has 19 heavy (non-hydrogen) atoms. The van der Waals surface area contributed by atoms with Crippen molar-refractivity contribution in [1.82, 2.24) is 0 Å². The number of carbonyl (C=O) groups excluding carboxylic acids is 2. The van der Waals surface area contributed by atoms with Gasteiger partial charge >= 0.3 is 5.97 Å². The highest BCUT2D eigenvalue weighted by Gasteiger charge is 2.17. The van der Waals surface area contributed by atoms with Crippen molar-refractivity contribution in [1.29, 1.82) is 0 Å². The van der Waals surface area contributed by atoms with Crippen LogP contribution in [0, 0.1) is 6.92 Å². The molecule has 0 unspecified atom stereocenters. The lowest BCUT2D eigenvalue weighted by Crippen LogP contribution is -2.24. The first-order valence-electron chi connectivity index (χ1n) is 6.55. The first-order chi connectivity index (χ1) is 8.76.